The minimum absolute atomic E-state index is 0.0455. The summed E-state index contributed by atoms with van der Waals surface area (Å²) in [4.78, 5) is 66.4. The number of amides is 5. The maximum Gasteiger partial charge on any atom is 0.291 e. The van der Waals surface area contributed by atoms with Crippen LogP contribution in [0.15, 0.2) is 0 Å². The van der Waals surface area contributed by atoms with Crippen molar-refractivity contribution in [2.75, 3.05) is 19.6 Å². The van der Waals surface area contributed by atoms with Gasteiger partial charge in [0.25, 0.3) is 23.4 Å². The summed E-state index contributed by atoms with van der Waals surface area (Å²) in [5.74, 6) is -4.61. The molecule has 0 radical (unpaired) electrons. The first-order valence-corrected chi connectivity index (χ1v) is 14.4. The van der Waals surface area contributed by atoms with Gasteiger partial charge in [-0.15, -0.1) is 0 Å². The van der Waals surface area contributed by atoms with E-state index < -0.39 is 52.9 Å². The third-order valence-electron chi connectivity index (χ3n) is 8.80. The van der Waals surface area contributed by atoms with E-state index in [9.17, 15) is 32.8 Å². The van der Waals surface area contributed by atoms with Gasteiger partial charge in [-0.1, -0.05) is 38.3 Å². The summed E-state index contributed by atoms with van der Waals surface area (Å²) in [7, 11) is 0. The zero-order valence-corrected chi connectivity index (χ0v) is 23.1. The van der Waals surface area contributed by atoms with Crippen LogP contribution < -0.4 is 16.1 Å². The molecule has 5 amide bonds. The molecule has 0 spiro atoms. The molecule has 39 heavy (non-hydrogen) atoms. The number of halogens is 3. The van der Waals surface area contributed by atoms with Crippen LogP contribution in [0.2, 0.25) is 0 Å². The van der Waals surface area contributed by atoms with Gasteiger partial charge in [0.05, 0.1) is 12.5 Å². The first-order chi connectivity index (χ1) is 18.5. The van der Waals surface area contributed by atoms with Crippen molar-refractivity contribution in [3.8, 4) is 0 Å². The van der Waals surface area contributed by atoms with E-state index in [1.807, 2.05) is 6.92 Å². The van der Waals surface area contributed by atoms with Crippen LogP contribution >= 0.6 is 11.6 Å². The molecule has 0 aromatic rings. The third-order valence-corrected chi connectivity index (χ3v) is 8.99. The number of nitrogens with one attached hydrogen (secondary N) is 3. The number of rotatable bonds is 9. The predicted molar refractivity (Wildman–Crippen MR) is 137 cm³/mol. The van der Waals surface area contributed by atoms with Gasteiger partial charge in [0, 0.05) is 13.1 Å². The topological polar surface area (TPSA) is 128 Å². The average molecular weight is 574 g/mol. The molecule has 2 saturated carbocycles. The summed E-state index contributed by atoms with van der Waals surface area (Å²) in [5, 5.41) is 6.03. The first kappa shape index (κ1) is 29.5. The summed E-state index contributed by atoms with van der Waals surface area (Å²) >= 11 is 5.43. The standard InChI is InChI=1S/C26H38ClF2N5O5/c1-3-14(2)18(31-25(39)26(29)9-10-26)23(37)33-12-15-6-4-8-17(15)19(33)22(36)32-34(24(38)20(27)28)13-16-7-5-11-30-21(16)35/h14-20H,3-13H2,1-2H3,(H,30,35)(H,31,39)(H,32,36)/t14-,15-,16+,17-,18-,19-,20-/m0/s1. The van der Waals surface area contributed by atoms with Gasteiger partial charge < -0.3 is 15.5 Å². The van der Waals surface area contributed by atoms with Gasteiger partial charge >= 0.3 is 0 Å². The lowest BCUT2D eigenvalue weighted by Gasteiger charge is -2.35. The highest BCUT2D eigenvalue weighted by molar-refractivity contribution is 6.29. The van der Waals surface area contributed by atoms with Gasteiger partial charge in [-0.3, -0.25) is 29.4 Å². The second-order valence-electron chi connectivity index (χ2n) is 11.4. The van der Waals surface area contributed by atoms with Gasteiger partial charge in [-0.2, -0.15) is 0 Å². The Morgan fingerprint density at radius 2 is 1.92 bits per heavy atom. The Morgan fingerprint density at radius 3 is 2.54 bits per heavy atom. The molecule has 0 unspecified atom stereocenters. The number of fused-ring (bicyclic) bond motifs is 1. The molecule has 2 aliphatic carbocycles. The number of alkyl halides is 3. The predicted octanol–water partition coefficient (Wildman–Crippen LogP) is 1.57. The Hall–Kier alpha value is -2.50. The lowest BCUT2D eigenvalue weighted by atomic mass is 9.93. The largest absolute Gasteiger partial charge is 0.356 e. The van der Waals surface area contributed by atoms with E-state index in [1.165, 1.54) is 4.90 Å². The van der Waals surface area contributed by atoms with Gasteiger partial charge in [0.15, 0.2) is 5.67 Å². The van der Waals surface area contributed by atoms with Crippen molar-refractivity contribution >= 4 is 41.1 Å². The molecule has 2 heterocycles. The van der Waals surface area contributed by atoms with Gasteiger partial charge in [0.2, 0.25) is 11.8 Å². The molecule has 4 rings (SSSR count). The number of carbonyl (C=O) groups is 5. The molecule has 2 aliphatic heterocycles. The molecule has 0 aromatic heterocycles. The number of nitrogens with zero attached hydrogens (tertiary/aromatic N) is 2. The molecular formula is C26H38ClF2N5O5. The fourth-order valence-electron chi connectivity index (χ4n) is 6.08. The number of hydrazine groups is 1. The first-order valence-electron chi connectivity index (χ1n) is 13.9. The number of hydrogen-bond acceptors (Lipinski definition) is 5. The van der Waals surface area contributed by atoms with E-state index in [2.05, 4.69) is 16.1 Å². The van der Waals surface area contributed by atoms with E-state index in [1.54, 1.807) is 6.92 Å². The van der Waals surface area contributed by atoms with E-state index in [4.69, 9.17) is 11.6 Å². The van der Waals surface area contributed by atoms with Crippen LogP contribution in [0.1, 0.15) is 65.2 Å². The molecule has 0 bridgehead atoms. The highest BCUT2D eigenvalue weighted by Gasteiger charge is 2.54. The Kier molecular flexibility index (Phi) is 9.02. The van der Waals surface area contributed by atoms with Crippen molar-refractivity contribution in [3.63, 3.8) is 0 Å². The lowest BCUT2D eigenvalue weighted by molar-refractivity contribution is -0.150. The molecule has 2 saturated heterocycles. The fraction of sp³-hybridized carbons (Fsp3) is 0.808. The van der Waals surface area contributed by atoms with E-state index >= 15 is 0 Å². The third kappa shape index (κ3) is 6.30. The second kappa shape index (κ2) is 11.9. The fourth-order valence-corrected chi connectivity index (χ4v) is 6.19. The molecule has 4 aliphatic rings. The summed E-state index contributed by atoms with van der Waals surface area (Å²) < 4.78 is 28.3. The van der Waals surface area contributed by atoms with Gasteiger partial charge in [-0.05, 0) is 56.3 Å². The number of piperidine rings is 1. The monoisotopic (exact) mass is 573 g/mol. The molecule has 3 N–H and O–H groups in total. The molecule has 4 fully saturated rings. The smallest absolute Gasteiger partial charge is 0.291 e. The van der Waals surface area contributed by atoms with Gasteiger partial charge in [0.1, 0.15) is 12.1 Å². The van der Waals surface area contributed by atoms with Crippen LogP contribution in [0.4, 0.5) is 8.78 Å². The van der Waals surface area contributed by atoms with E-state index in [0.29, 0.717) is 32.2 Å². The van der Waals surface area contributed by atoms with Crippen molar-refractivity contribution in [3.05, 3.63) is 0 Å². The Balaban J connectivity index is 1.55. The summed E-state index contributed by atoms with van der Waals surface area (Å²) in [5.41, 5.74) is -1.93. The minimum Gasteiger partial charge on any atom is -0.356 e. The van der Waals surface area contributed by atoms with Crippen molar-refractivity contribution in [2.45, 2.75) is 88.6 Å². The summed E-state index contributed by atoms with van der Waals surface area (Å²) in [6, 6.07) is -2.00. The number of hydrogen-bond donors (Lipinski definition) is 3. The van der Waals surface area contributed by atoms with E-state index in [-0.39, 0.29) is 49.6 Å². The highest BCUT2D eigenvalue weighted by atomic mass is 35.5. The van der Waals surface area contributed by atoms with Crippen molar-refractivity contribution in [1.82, 2.24) is 26.0 Å². The molecule has 0 aromatic carbocycles. The summed E-state index contributed by atoms with van der Waals surface area (Å²) in [6.45, 7) is 4.15. The van der Waals surface area contributed by atoms with Crippen LogP contribution in [0.25, 0.3) is 0 Å². The van der Waals surface area contributed by atoms with Crippen LogP contribution in [0, 0.1) is 23.7 Å². The quantitative estimate of drug-likeness (QED) is 0.285. The maximum atomic E-state index is 14.5. The second-order valence-corrected chi connectivity index (χ2v) is 11.8. The average Bonchev–Trinajstić information content (AvgIpc) is 3.33. The molecular weight excluding hydrogens is 536 g/mol. The van der Waals surface area contributed by atoms with E-state index in [0.717, 1.165) is 17.9 Å². The molecule has 7 atom stereocenters. The van der Waals surface area contributed by atoms with Crippen LogP contribution in [0.3, 0.4) is 0 Å². The number of carbonyl (C=O) groups excluding carboxylic acids is 5. The Labute approximate surface area is 231 Å². The number of likely N-dealkylation sites (tertiary alicyclic amines) is 1. The highest BCUT2D eigenvalue weighted by Crippen LogP contribution is 2.43. The molecule has 13 heteroatoms. The minimum atomic E-state index is -2.43. The zero-order chi connectivity index (χ0) is 28.5. The van der Waals surface area contributed by atoms with Crippen LogP contribution in [-0.2, 0) is 24.0 Å². The lowest BCUT2D eigenvalue weighted by Crippen LogP contribution is -2.60. The van der Waals surface area contributed by atoms with Crippen molar-refractivity contribution < 1.29 is 32.8 Å². The van der Waals surface area contributed by atoms with Crippen molar-refractivity contribution in [1.29, 1.82) is 0 Å². The van der Waals surface area contributed by atoms with Gasteiger partial charge in [-0.25, -0.2) is 13.8 Å². The normalized spacial score (nSPS) is 29.5. The SMILES string of the molecule is CC[C@H](C)[C@H](NC(=O)C1(F)CC1)C(=O)N1C[C@@H]2CCC[C@@H]2[C@H]1C(=O)NN(C[C@H]1CCCNC1=O)C(=O)[C@H](F)Cl. The van der Waals surface area contributed by atoms with Crippen LogP contribution in [-0.4, -0.2) is 82.5 Å². The zero-order valence-electron chi connectivity index (χ0n) is 22.4. The Morgan fingerprint density at radius 1 is 1.21 bits per heavy atom. The maximum absolute atomic E-state index is 14.5. The molecule has 218 valence electrons. The Bertz CT molecular complexity index is 996. The molecule has 10 nitrogen and oxygen atoms in total. The van der Waals surface area contributed by atoms with Crippen LogP contribution in [0.5, 0.6) is 0 Å². The summed E-state index contributed by atoms with van der Waals surface area (Å²) in [6.07, 6.45) is 4.24. The van der Waals surface area contributed by atoms with Crippen molar-refractivity contribution in [2.24, 2.45) is 23.7 Å².